The lowest BCUT2D eigenvalue weighted by atomic mass is 9.91. The van der Waals surface area contributed by atoms with Crippen LogP contribution in [0.15, 0.2) is 212 Å². The van der Waals surface area contributed by atoms with Crippen molar-refractivity contribution >= 4 is 55.0 Å². The highest BCUT2D eigenvalue weighted by Gasteiger charge is 2.38. The van der Waals surface area contributed by atoms with Gasteiger partial charge in [-0.15, -0.1) is 0 Å². The molecule has 2 aromatic heterocycles. The predicted octanol–water partition coefficient (Wildman–Crippen LogP) is 13.9. The Morgan fingerprint density at radius 2 is 0.947 bits per heavy atom. The van der Waals surface area contributed by atoms with Crippen molar-refractivity contribution in [1.82, 2.24) is 9.13 Å². The van der Waals surface area contributed by atoms with Gasteiger partial charge in [0.15, 0.2) is 0 Å². The third kappa shape index (κ3) is 4.92. The zero-order valence-electron chi connectivity index (χ0n) is 62.6. The third-order valence-electron chi connectivity index (χ3n) is 9.64. The van der Waals surface area contributed by atoms with Crippen LogP contribution in [0.2, 0.25) is 0 Å². The van der Waals surface area contributed by atoms with Crippen molar-refractivity contribution < 1.29 is 46.6 Å². The van der Waals surface area contributed by atoms with E-state index in [-0.39, 0.29) is 10.9 Å². The molecule has 1 aliphatic carbocycles. The van der Waals surface area contributed by atoms with E-state index in [1.54, 1.807) is 0 Å². The molecule has 2 unspecified atom stereocenters. The highest BCUT2D eigenvalue weighted by atomic mass is 15.2. The molecule has 3 heterocycles. The molecule has 3 heteroatoms. The van der Waals surface area contributed by atoms with Gasteiger partial charge in [-0.05, 0) is 88.3 Å². The number of fused-ring (bicyclic) bond motifs is 9. The van der Waals surface area contributed by atoms with Gasteiger partial charge in [-0.1, -0.05) is 151 Å². The molecule has 0 fully saturated rings. The van der Waals surface area contributed by atoms with Crippen LogP contribution in [0.1, 0.15) is 58.1 Å². The molecule has 0 saturated heterocycles. The van der Waals surface area contributed by atoms with Gasteiger partial charge in [0.1, 0.15) is 0 Å². The van der Waals surface area contributed by atoms with E-state index in [0.29, 0.717) is 4.57 Å². The van der Waals surface area contributed by atoms with Crippen LogP contribution in [0.25, 0.3) is 77.2 Å². The van der Waals surface area contributed by atoms with E-state index >= 15 is 0 Å². The molecule has 3 nitrogen and oxygen atoms in total. The Balaban J connectivity index is 1.32. The summed E-state index contributed by atoms with van der Waals surface area (Å²) in [5, 5.41) is -2.27. The highest BCUT2D eigenvalue weighted by molar-refractivity contribution is 6.11. The first kappa shape index (κ1) is 13.1. The van der Waals surface area contributed by atoms with Crippen molar-refractivity contribution in [2.75, 3.05) is 4.90 Å². The second kappa shape index (κ2) is 12.6. The van der Waals surface area contributed by atoms with Gasteiger partial charge in [0.05, 0.1) is 74.7 Å². The van der Waals surface area contributed by atoms with E-state index in [0.717, 1.165) is 15.5 Å². The number of para-hydroxylation sites is 3. The van der Waals surface area contributed by atoms with Crippen LogP contribution in [-0.2, 0) is 0 Å². The number of allylic oxidation sites excluding steroid dienone is 2. The molecule has 12 rings (SSSR count). The minimum absolute atomic E-state index is 0.371. The van der Waals surface area contributed by atoms with E-state index in [1.165, 1.54) is 0 Å². The van der Waals surface area contributed by atoms with Gasteiger partial charge < -0.3 is 14.0 Å². The van der Waals surface area contributed by atoms with E-state index in [4.69, 9.17) is 27.4 Å². The second-order valence-electron chi connectivity index (χ2n) is 12.7. The zero-order valence-corrected chi connectivity index (χ0v) is 28.6. The topological polar surface area (TPSA) is 13.1 Å². The maximum Gasteiger partial charge on any atom is 0.0667 e. The molecule has 57 heavy (non-hydrogen) atoms. The fraction of sp³-hybridized carbons (Fsp3) is 0.0370. The van der Waals surface area contributed by atoms with Crippen LogP contribution in [-0.4, -0.2) is 15.2 Å². The van der Waals surface area contributed by atoms with Crippen molar-refractivity contribution in [1.29, 1.82) is 0 Å². The van der Waals surface area contributed by atoms with Crippen LogP contribution in [0, 0.1) is 0 Å². The van der Waals surface area contributed by atoms with Crippen LogP contribution in [0.5, 0.6) is 0 Å². The molecule has 8 aromatic carbocycles. The molecule has 0 amide bonds. The average Bonchev–Trinajstić information content (AvgIpc) is 1.55. The van der Waals surface area contributed by atoms with Crippen LogP contribution < -0.4 is 4.90 Å². The van der Waals surface area contributed by atoms with Gasteiger partial charge >= 0.3 is 0 Å². The fourth-order valence-corrected chi connectivity index (χ4v) is 7.27. The first-order valence-electron chi connectivity index (χ1n) is 34.1. The standard InChI is InChI=1S/C54H37N3/c1-3-15-36(16-4-1)38-31-39(37-17-5-2-6-18-37)33-42(32-38)57-52-26-14-10-22-46(52)48-30-28-41(35-54(48)57)56-51-25-13-9-21-45(51)47-29-27-40(34-53(47)56)55-49-23-11-7-19-43(49)44-20-8-12-24-50(44)55/h1-35,45,51H/i1D,2D,3D,4D,5D,6D,7D,8D,9D,10D,11D,12D,13D,14D,15D,16D,17D,18D,19D,20D,21D,22D,23D,25D,26D,27D,28D,29D,30D,31D,32D,33D,34D,35D. The summed E-state index contributed by atoms with van der Waals surface area (Å²) in [7, 11) is 0. The monoisotopic (exact) mass is 762 g/mol. The van der Waals surface area contributed by atoms with E-state index in [2.05, 4.69) is 0 Å². The SMILES string of the molecule is [2H]C1=C([2H])C2c3c([2H])c([2H])c(-n4c5cc([2H])c([2H])c([2H])c5c5c([2H])c([2H])c([2H])c([2H])c54)c([2H])c3N(c3c([2H])c([2H])c4c5c([2H])c([2H])c([2H])c([2H])c5n(-c5c([2H])c(-c6c([2H])c([2H])c([2H])c([2H])c6[2H])c([2H])c(-c6c([2H])c([2H])c([2H])c([2H])c6[2H])c5[2H])c4c3[2H])C2C([2H])=C1[2H]. The molecule has 2 aliphatic rings. The van der Waals surface area contributed by atoms with E-state index in [1.807, 2.05) is 0 Å². The summed E-state index contributed by atoms with van der Waals surface area (Å²) < 4.78 is 314. The summed E-state index contributed by atoms with van der Waals surface area (Å²) in [6.07, 6.45) is 0. The number of benzene rings is 8. The van der Waals surface area contributed by atoms with Gasteiger partial charge in [-0.25, -0.2) is 0 Å². The quantitative estimate of drug-likeness (QED) is 0.170. The normalized spacial score (nSPS) is 24.9. The fourth-order valence-electron chi connectivity index (χ4n) is 7.27. The molecule has 0 spiro atoms. The van der Waals surface area contributed by atoms with E-state index < -0.39 is 301 Å². The van der Waals surface area contributed by atoms with Gasteiger partial charge in [0.2, 0.25) is 0 Å². The third-order valence-corrected chi connectivity index (χ3v) is 9.64. The molecule has 0 N–H and O–H groups in total. The minimum atomic E-state index is -2.03. The number of nitrogens with zero attached hydrogens (tertiary/aromatic N) is 3. The second-order valence-corrected chi connectivity index (χ2v) is 12.7. The molecule has 2 atom stereocenters. The van der Waals surface area contributed by atoms with Crippen molar-refractivity contribution in [2.24, 2.45) is 0 Å². The molecular formula is C54H37N3. The van der Waals surface area contributed by atoms with E-state index in [9.17, 15) is 19.2 Å². The highest BCUT2D eigenvalue weighted by Crippen LogP contribution is 2.50. The Bertz CT molecular complexity index is 5100. The first-order valence-corrected chi connectivity index (χ1v) is 17.1. The van der Waals surface area contributed by atoms with Gasteiger partial charge in [-0.2, -0.15) is 0 Å². The first-order chi connectivity index (χ1) is 42.4. The smallest absolute Gasteiger partial charge is 0.0667 e. The van der Waals surface area contributed by atoms with Crippen molar-refractivity contribution in [3.05, 3.63) is 217 Å². The maximum absolute atomic E-state index is 10.5. The predicted molar refractivity (Wildman–Crippen MR) is 239 cm³/mol. The Morgan fingerprint density at radius 3 is 1.65 bits per heavy atom. The molecule has 1 aliphatic heterocycles. The Morgan fingerprint density at radius 1 is 0.386 bits per heavy atom. The van der Waals surface area contributed by atoms with Crippen molar-refractivity contribution in [3.63, 3.8) is 0 Å². The van der Waals surface area contributed by atoms with Gasteiger partial charge in [0.25, 0.3) is 0 Å². The summed E-state index contributed by atoms with van der Waals surface area (Å²) in [5.41, 5.74) is -10.6. The Hall–Kier alpha value is -7.36. The Labute approximate surface area is 379 Å². The van der Waals surface area contributed by atoms with Gasteiger partial charge in [-0.3, -0.25) is 0 Å². The maximum atomic E-state index is 10.5. The van der Waals surface area contributed by atoms with Crippen LogP contribution >= 0.6 is 0 Å². The van der Waals surface area contributed by atoms with Crippen LogP contribution in [0.4, 0.5) is 11.4 Å². The minimum Gasteiger partial charge on any atom is -0.333 e. The number of rotatable bonds is 5. The summed E-state index contributed by atoms with van der Waals surface area (Å²) in [5.74, 6) is -1.87. The molecule has 10 aromatic rings. The molecule has 0 bridgehead atoms. The molecule has 268 valence electrons. The Kier molecular flexibility index (Phi) is 2.90. The summed E-state index contributed by atoms with van der Waals surface area (Å²) >= 11 is 0. The number of hydrogen-bond donors (Lipinski definition) is 0. The largest absolute Gasteiger partial charge is 0.333 e. The lowest BCUT2D eigenvalue weighted by Gasteiger charge is -2.29. The molecular weight excluding hydrogens is 691 g/mol. The lowest BCUT2D eigenvalue weighted by molar-refractivity contribution is 0.745. The zero-order chi connectivity index (χ0) is 67.0. The number of anilines is 2. The van der Waals surface area contributed by atoms with Crippen molar-refractivity contribution in [2.45, 2.75) is 12.0 Å². The molecule has 0 radical (unpaired) electrons. The average molecular weight is 762 g/mol. The lowest BCUT2D eigenvalue weighted by Crippen LogP contribution is -2.28. The number of aromatic nitrogens is 2. The number of hydrogen-bond acceptors (Lipinski definition) is 1. The van der Waals surface area contributed by atoms with Crippen LogP contribution in [0.3, 0.4) is 0 Å². The van der Waals surface area contributed by atoms with Gasteiger partial charge in [0, 0.05) is 50.2 Å². The molecule has 0 saturated carbocycles. The summed E-state index contributed by atoms with van der Waals surface area (Å²) in [6.45, 7) is 0. The van der Waals surface area contributed by atoms with Crippen molar-refractivity contribution in [3.8, 4) is 33.6 Å². The summed E-state index contributed by atoms with van der Waals surface area (Å²) in [6, 6.07) is -34.3. The summed E-state index contributed by atoms with van der Waals surface area (Å²) in [4.78, 5) is 0.781.